The van der Waals surface area contributed by atoms with E-state index < -0.39 is 5.97 Å². The van der Waals surface area contributed by atoms with Gasteiger partial charge in [0, 0.05) is 13.5 Å². The van der Waals surface area contributed by atoms with E-state index in [-0.39, 0.29) is 43.4 Å². The number of hydrogen-bond acceptors (Lipinski definition) is 2. The molecular weight excluding hydrogens is 337 g/mol. The molecule has 0 unspecified atom stereocenters. The number of unbranched alkanes of at least 4 members (excludes halogenated alkanes) is 11. The number of hydrogen-bond donors (Lipinski definition) is 1. The topological polar surface area (TPSA) is 57.6 Å². The van der Waals surface area contributed by atoms with Crippen LogP contribution in [0.1, 0.15) is 98.2 Å². The maximum atomic E-state index is 11.7. The molecule has 0 fully saturated rings. The van der Waals surface area contributed by atoms with Crippen molar-refractivity contribution in [2.45, 2.75) is 96.8 Å². The normalized spacial score (nSPS) is 10.7. The second-order valence-electron chi connectivity index (χ2n) is 6.98. The summed E-state index contributed by atoms with van der Waals surface area (Å²) in [7, 11) is 1.55. The Hall–Kier alpha value is -0.320. The van der Waals surface area contributed by atoms with Crippen molar-refractivity contribution < 1.29 is 45.7 Å². The Balaban J connectivity index is -0.00000288. The number of likely N-dealkylation sites (N-methyl/N-ethyl adjacent to an activating group) is 1. The minimum absolute atomic E-state index is 0. The molecule has 1 N–H and O–H groups in total. The summed E-state index contributed by atoms with van der Waals surface area (Å²) < 4.78 is 0. The zero-order valence-corrected chi connectivity index (χ0v) is 19.5. The van der Waals surface area contributed by atoms with Crippen LogP contribution in [0.2, 0.25) is 0 Å². The Kier molecular flexibility index (Phi) is 22.5. The second-order valence-corrected chi connectivity index (χ2v) is 6.98. The fraction of sp³-hybridized carbons (Fsp3) is 0.810. The fourth-order valence-electron chi connectivity index (χ4n) is 2.83. The van der Waals surface area contributed by atoms with Crippen LogP contribution in [0.25, 0.3) is 0 Å². The SMILES string of the molecule is CCCCCCCCC=CCCCCCCCC(=O)N(C)CC(=O)O.[H-].[Na+]. The minimum Gasteiger partial charge on any atom is -1.00 e. The van der Waals surface area contributed by atoms with Gasteiger partial charge in [0.2, 0.25) is 5.91 Å². The van der Waals surface area contributed by atoms with Crippen LogP contribution in [0.3, 0.4) is 0 Å². The number of carboxylic acids is 1. The molecule has 0 spiro atoms. The Bertz CT molecular complexity index is 378. The van der Waals surface area contributed by atoms with Crippen LogP contribution in [0.5, 0.6) is 0 Å². The summed E-state index contributed by atoms with van der Waals surface area (Å²) in [6, 6.07) is 0. The van der Waals surface area contributed by atoms with Crippen molar-refractivity contribution in [2.24, 2.45) is 0 Å². The molecule has 0 saturated heterocycles. The molecule has 0 rings (SSSR count). The number of allylic oxidation sites excluding steroid dienone is 2. The van der Waals surface area contributed by atoms with Crippen molar-refractivity contribution in [1.82, 2.24) is 4.90 Å². The number of rotatable bonds is 17. The molecule has 26 heavy (non-hydrogen) atoms. The van der Waals surface area contributed by atoms with Gasteiger partial charge in [-0.3, -0.25) is 9.59 Å². The summed E-state index contributed by atoms with van der Waals surface area (Å²) >= 11 is 0. The number of carbonyl (C=O) groups is 2. The van der Waals surface area contributed by atoms with Gasteiger partial charge in [-0.1, -0.05) is 70.4 Å². The predicted octanol–water partition coefficient (Wildman–Crippen LogP) is 2.68. The molecule has 0 bridgehead atoms. The summed E-state index contributed by atoms with van der Waals surface area (Å²) in [6.07, 6.45) is 21.1. The van der Waals surface area contributed by atoms with E-state index in [1.54, 1.807) is 7.05 Å². The molecule has 0 atom stereocenters. The summed E-state index contributed by atoms with van der Waals surface area (Å²) in [5.41, 5.74) is 0. The summed E-state index contributed by atoms with van der Waals surface area (Å²) in [6.45, 7) is 2.05. The van der Waals surface area contributed by atoms with E-state index in [0.29, 0.717) is 6.42 Å². The van der Waals surface area contributed by atoms with Crippen molar-refractivity contribution in [3.05, 3.63) is 12.2 Å². The summed E-state index contributed by atoms with van der Waals surface area (Å²) in [5.74, 6) is -1.03. The first-order valence-corrected chi connectivity index (χ1v) is 10.2. The van der Waals surface area contributed by atoms with Crippen molar-refractivity contribution in [1.29, 1.82) is 0 Å². The van der Waals surface area contributed by atoms with Gasteiger partial charge in [0.1, 0.15) is 6.54 Å². The first-order valence-electron chi connectivity index (χ1n) is 10.2. The zero-order chi connectivity index (χ0) is 18.8. The van der Waals surface area contributed by atoms with Gasteiger partial charge in [-0.15, -0.1) is 0 Å². The number of amides is 1. The van der Waals surface area contributed by atoms with Crippen LogP contribution in [0.4, 0.5) is 0 Å². The molecule has 0 aromatic carbocycles. The maximum absolute atomic E-state index is 11.7. The van der Waals surface area contributed by atoms with Gasteiger partial charge in [-0.2, -0.15) is 0 Å². The fourth-order valence-corrected chi connectivity index (χ4v) is 2.83. The molecule has 0 aromatic heterocycles. The number of carbonyl (C=O) groups excluding carboxylic acids is 1. The quantitative estimate of drug-likeness (QED) is 0.241. The molecule has 0 heterocycles. The van der Waals surface area contributed by atoms with Gasteiger partial charge in [-0.05, 0) is 32.1 Å². The van der Waals surface area contributed by atoms with Crippen LogP contribution in [0.15, 0.2) is 12.2 Å². The molecule has 0 aliphatic carbocycles. The molecule has 0 radical (unpaired) electrons. The van der Waals surface area contributed by atoms with E-state index in [4.69, 9.17) is 5.11 Å². The molecule has 0 saturated carbocycles. The average Bonchev–Trinajstić information content (AvgIpc) is 2.57. The standard InChI is InChI=1S/C21H39NO3.Na.H/c1-3-4-5-6-7-8-9-10-11-12-13-14-15-16-17-18-20(23)22(2)19-21(24)25;;/h10-11H,3-9,12-19H2,1-2H3,(H,24,25);;/q;+1;-1. The van der Waals surface area contributed by atoms with Gasteiger partial charge in [0.15, 0.2) is 0 Å². The zero-order valence-electron chi connectivity index (χ0n) is 18.5. The van der Waals surface area contributed by atoms with Crippen molar-refractivity contribution in [3.8, 4) is 0 Å². The van der Waals surface area contributed by atoms with E-state index in [1.165, 1.54) is 62.7 Å². The van der Waals surface area contributed by atoms with E-state index in [2.05, 4.69) is 19.1 Å². The van der Waals surface area contributed by atoms with Crippen LogP contribution in [0, 0.1) is 0 Å². The van der Waals surface area contributed by atoms with Crippen molar-refractivity contribution >= 4 is 11.9 Å². The number of nitrogens with zero attached hydrogens (tertiary/aromatic N) is 1. The van der Waals surface area contributed by atoms with Crippen molar-refractivity contribution in [3.63, 3.8) is 0 Å². The molecule has 1 amide bonds. The first-order chi connectivity index (χ1) is 12.1. The van der Waals surface area contributed by atoms with Crippen LogP contribution >= 0.6 is 0 Å². The van der Waals surface area contributed by atoms with Gasteiger partial charge in [0.05, 0.1) is 0 Å². The Morgan fingerprint density at radius 3 is 1.81 bits per heavy atom. The van der Waals surface area contributed by atoms with Gasteiger partial charge in [0.25, 0.3) is 0 Å². The molecule has 5 heteroatoms. The third-order valence-electron chi connectivity index (χ3n) is 4.45. The van der Waals surface area contributed by atoms with Crippen molar-refractivity contribution in [2.75, 3.05) is 13.6 Å². The Labute approximate surface area is 184 Å². The largest absolute Gasteiger partial charge is 1.00 e. The van der Waals surface area contributed by atoms with Crippen LogP contribution in [-0.4, -0.2) is 35.5 Å². The number of aliphatic carboxylic acids is 1. The first kappa shape index (κ1) is 27.9. The van der Waals surface area contributed by atoms with Gasteiger partial charge >= 0.3 is 35.5 Å². The monoisotopic (exact) mass is 377 g/mol. The van der Waals surface area contributed by atoms with E-state index in [1.807, 2.05) is 0 Å². The van der Waals surface area contributed by atoms with E-state index >= 15 is 0 Å². The molecule has 0 aliphatic heterocycles. The smallest absolute Gasteiger partial charge is 1.00 e. The molecule has 4 nitrogen and oxygen atoms in total. The summed E-state index contributed by atoms with van der Waals surface area (Å²) in [4.78, 5) is 23.5. The summed E-state index contributed by atoms with van der Waals surface area (Å²) in [5, 5.41) is 8.64. The van der Waals surface area contributed by atoms with E-state index in [9.17, 15) is 9.59 Å². The molecule has 0 aliphatic rings. The third kappa shape index (κ3) is 20.0. The molecule has 148 valence electrons. The molecular formula is C21H40NNaO3. The number of carboxylic acid groups (broad SMARTS) is 1. The minimum atomic E-state index is -0.958. The molecule has 0 aromatic rings. The van der Waals surface area contributed by atoms with Gasteiger partial charge in [-0.25, -0.2) is 0 Å². The van der Waals surface area contributed by atoms with Crippen LogP contribution < -0.4 is 29.6 Å². The second kappa shape index (κ2) is 21.0. The van der Waals surface area contributed by atoms with Crippen LogP contribution in [-0.2, 0) is 9.59 Å². The Morgan fingerprint density at radius 1 is 0.846 bits per heavy atom. The van der Waals surface area contributed by atoms with Gasteiger partial charge < -0.3 is 11.4 Å². The maximum Gasteiger partial charge on any atom is 1.00 e. The van der Waals surface area contributed by atoms with E-state index in [0.717, 1.165) is 25.7 Å². The average molecular weight is 378 g/mol. The predicted molar refractivity (Wildman–Crippen MR) is 106 cm³/mol. The third-order valence-corrected chi connectivity index (χ3v) is 4.45. The Morgan fingerprint density at radius 2 is 1.31 bits per heavy atom.